The van der Waals surface area contributed by atoms with Crippen molar-refractivity contribution in [2.45, 2.75) is 18.9 Å². The van der Waals surface area contributed by atoms with Gasteiger partial charge in [-0.05, 0) is 25.5 Å². The Morgan fingerprint density at radius 1 is 1.31 bits per heavy atom. The molecule has 2 nitrogen and oxygen atoms in total. The maximum atomic E-state index is 5.87. The number of likely N-dealkylation sites (N-methyl/N-ethyl adjacent to an activating group) is 1. The molecule has 0 aromatic heterocycles. The fourth-order valence-electron chi connectivity index (χ4n) is 1.36. The van der Waals surface area contributed by atoms with Crippen molar-refractivity contribution in [2.24, 2.45) is 5.73 Å². The first-order valence-electron chi connectivity index (χ1n) is 4.77. The molecule has 0 aliphatic carbocycles. The SMILES string of the molecule is CNCC(N)CCc1ccccc1. The Hall–Kier alpha value is -0.860. The average molecular weight is 178 g/mol. The number of aryl methyl sites for hydroxylation is 1. The minimum absolute atomic E-state index is 0.269. The molecule has 3 N–H and O–H groups in total. The quantitative estimate of drug-likeness (QED) is 0.710. The van der Waals surface area contributed by atoms with Gasteiger partial charge in [-0.2, -0.15) is 0 Å². The van der Waals surface area contributed by atoms with E-state index in [0.717, 1.165) is 19.4 Å². The lowest BCUT2D eigenvalue weighted by molar-refractivity contribution is 0.576. The van der Waals surface area contributed by atoms with E-state index in [9.17, 15) is 0 Å². The lowest BCUT2D eigenvalue weighted by Gasteiger charge is -2.10. The van der Waals surface area contributed by atoms with Gasteiger partial charge < -0.3 is 11.1 Å². The molecule has 0 saturated carbocycles. The van der Waals surface area contributed by atoms with Crippen LogP contribution in [-0.2, 0) is 6.42 Å². The third-order valence-electron chi connectivity index (χ3n) is 2.11. The Balaban J connectivity index is 2.27. The number of hydrogen-bond acceptors (Lipinski definition) is 2. The monoisotopic (exact) mass is 178 g/mol. The van der Waals surface area contributed by atoms with E-state index in [4.69, 9.17) is 5.73 Å². The van der Waals surface area contributed by atoms with Crippen LogP contribution in [0.15, 0.2) is 30.3 Å². The summed E-state index contributed by atoms with van der Waals surface area (Å²) >= 11 is 0. The molecule has 0 amide bonds. The second-order valence-electron chi connectivity index (χ2n) is 3.34. The molecular formula is C11H18N2. The van der Waals surface area contributed by atoms with Crippen LogP contribution in [0.4, 0.5) is 0 Å². The number of nitrogens with two attached hydrogens (primary N) is 1. The standard InChI is InChI=1S/C11H18N2/c1-13-9-11(12)8-7-10-5-3-2-4-6-10/h2-6,11,13H,7-9,12H2,1H3. The first-order valence-corrected chi connectivity index (χ1v) is 4.77. The van der Waals surface area contributed by atoms with E-state index in [1.165, 1.54) is 5.56 Å². The van der Waals surface area contributed by atoms with Crippen molar-refractivity contribution < 1.29 is 0 Å². The summed E-state index contributed by atoms with van der Waals surface area (Å²) in [6.07, 6.45) is 2.12. The van der Waals surface area contributed by atoms with E-state index < -0.39 is 0 Å². The topological polar surface area (TPSA) is 38.0 Å². The summed E-state index contributed by atoms with van der Waals surface area (Å²) < 4.78 is 0. The van der Waals surface area contributed by atoms with Crippen LogP contribution in [0.25, 0.3) is 0 Å². The van der Waals surface area contributed by atoms with Gasteiger partial charge in [0.05, 0.1) is 0 Å². The lowest BCUT2D eigenvalue weighted by Crippen LogP contribution is -2.32. The Kier molecular flexibility index (Phi) is 4.50. The maximum absolute atomic E-state index is 5.87. The van der Waals surface area contributed by atoms with Crippen LogP contribution in [0.1, 0.15) is 12.0 Å². The molecule has 1 aromatic carbocycles. The molecule has 1 atom stereocenters. The minimum Gasteiger partial charge on any atom is -0.327 e. The molecule has 1 aromatic rings. The molecular weight excluding hydrogens is 160 g/mol. The Morgan fingerprint density at radius 3 is 2.62 bits per heavy atom. The van der Waals surface area contributed by atoms with E-state index in [1.807, 2.05) is 13.1 Å². The Bertz CT molecular complexity index is 221. The summed E-state index contributed by atoms with van der Waals surface area (Å²) in [7, 11) is 1.93. The van der Waals surface area contributed by atoms with Crippen LogP contribution in [0, 0.1) is 0 Å². The molecule has 0 bridgehead atoms. The van der Waals surface area contributed by atoms with Crippen molar-refractivity contribution in [3.05, 3.63) is 35.9 Å². The minimum atomic E-state index is 0.269. The molecule has 0 aliphatic heterocycles. The molecule has 72 valence electrons. The van der Waals surface area contributed by atoms with Gasteiger partial charge in [-0.25, -0.2) is 0 Å². The third kappa shape index (κ3) is 4.06. The van der Waals surface area contributed by atoms with Crippen LogP contribution in [0.2, 0.25) is 0 Å². The van der Waals surface area contributed by atoms with E-state index in [0.29, 0.717) is 0 Å². The van der Waals surface area contributed by atoms with Gasteiger partial charge in [0.1, 0.15) is 0 Å². The molecule has 0 spiro atoms. The summed E-state index contributed by atoms with van der Waals surface area (Å²) in [5.74, 6) is 0. The van der Waals surface area contributed by atoms with Gasteiger partial charge in [-0.1, -0.05) is 30.3 Å². The van der Waals surface area contributed by atoms with E-state index in [1.54, 1.807) is 0 Å². The van der Waals surface area contributed by atoms with Gasteiger partial charge in [0.25, 0.3) is 0 Å². The Morgan fingerprint density at radius 2 is 2.00 bits per heavy atom. The van der Waals surface area contributed by atoms with Gasteiger partial charge >= 0.3 is 0 Å². The first-order chi connectivity index (χ1) is 6.33. The fraction of sp³-hybridized carbons (Fsp3) is 0.455. The molecule has 0 radical (unpaired) electrons. The summed E-state index contributed by atoms with van der Waals surface area (Å²) in [6, 6.07) is 10.7. The maximum Gasteiger partial charge on any atom is 0.0168 e. The number of hydrogen-bond donors (Lipinski definition) is 2. The highest BCUT2D eigenvalue weighted by Gasteiger charge is 2.00. The zero-order chi connectivity index (χ0) is 9.52. The van der Waals surface area contributed by atoms with Crippen molar-refractivity contribution in [3.8, 4) is 0 Å². The highest BCUT2D eigenvalue weighted by molar-refractivity contribution is 5.14. The van der Waals surface area contributed by atoms with Gasteiger partial charge in [0.2, 0.25) is 0 Å². The van der Waals surface area contributed by atoms with Crippen molar-refractivity contribution in [1.82, 2.24) is 5.32 Å². The highest BCUT2D eigenvalue weighted by Crippen LogP contribution is 2.03. The van der Waals surface area contributed by atoms with E-state index >= 15 is 0 Å². The molecule has 2 heteroatoms. The fourth-order valence-corrected chi connectivity index (χ4v) is 1.36. The molecule has 1 rings (SSSR count). The summed E-state index contributed by atoms with van der Waals surface area (Å²) in [5, 5.41) is 3.08. The van der Waals surface area contributed by atoms with Crippen LogP contribution in [0.3, 0.4) is 0 Å². The largest absolute Gasteiger partial charge is 0.327 e. The number of nitrogens with one attached hydrogen (secondary N) is 1. The van der Waals surface area contributed by atoms with Crippen molar-refractivity contribution >= 4 is 0 Å². The number of rotatable bonds is 5. The van der Waals surface area contributed by atoms with Crippen LogP contribution >= 0.6 is 0 Å². The van der Waals surface area contributed by atoms with E-state index in [2.05, 4.69) is 29.6 Å². The smallest absolute Gasteiger partial charge is 0.0168 e. The van der Waals surface area contributed by atoms with Crippen LogP contribution < -0.4 is 11.1 Å². The van der Waals surface area contributed by atoms with Gasteiger partial charge in [0.15, 0.2) is 0 Å². The van der Waals surface area contributed by atoms with Gasteiger partial charge in [0, 0.05) is 12.6 Å². The Labute approximate surface area is 80.1 Å². The molecule has 0 heterocycles. The lowest BCUT2D eigenvalue weighted by atomic mass is 10.1. The van der Waals surface area contributed by atoms with Crippen molar-refractivity contribution in [1.29, 1.82) is 0 Å². The molecule has 1 unspecified atom stereocenters. The second-order valence-corrected chi connectivity index (χ2v) is 3.34. The zero-order valence-electron chi connectivity index (χ0n) is 8.16. The average Bonchev–Trinajstić information content (AvgIpc) is 2.17. The van der Waals surface area contributed by atoms with Gasteiger partial charge in [-0.3, -0.25) is 0 Å². The predicted octanol–water partition coefficient (Wildman–Crippen LogP) is 1.17. The molecule has 13 heavy (non-hydrogen) atoms. The second kappa shape index (κ2) is 5.73. The normalized spacial score (nSPS) is 12.8. The predicted molar refractivity (Wildman–Crippen MR) is 56.7 cm³/mol. The molecule has 0 saturated heterocycles. The number of benzene rings is 1. The zero-order valence-corrected chi connectivity index (χ0v) is 8.16. The van der Waals surface area contributed by atoms with Crippen LogP contribution in [0.5, 0.6) is 0 Å². The first kappa shape index (κ1) is 10.2. The van der Waals surface area contributed by atoms with Gasteiger partial charge in [-0.15, -0.1) is 0 Å². The van der Waals surface area contributed by atoms with Crippen molar-refractivity contribution in [3.63, 3.8) is 0 Å². The third-order valence-corrected chi connectivity index (χ3v) is 2.11. The van der Waals surface area contributed by atoms with E-state index in [-0.39, 0.29) is 6.04 Å². The molecule has 0 aliphatic rings. The van der Waals surface area contributed by atoms with Crippen molar-refractivity contribution in [2.75, 3.05) is 13.6 Å². The summed E-state index contributed by atoms with van der Waals surface area (Å²) in [5.41, 5.74) is 7.24. The summed E-state index contributed by atoms with van der Waals surface area (Å²) in [4.78, 5) is 0. The highest BCUT2D eigenvalue weighted by atomic mass is 14.9. The van der Waals surface area contributed by atoms with Crippen LogP contribution in [-0.4, -0.2) is 19.6 Å². The molecule has 0 fully saturated rings. The summed E-state index contributed by atoms with van der Waals surface area (Å²) in [6.45, 7) is 0.896.